The van der Waals surface area contributed by atoms with Gasteiger partial charge in [0, 0.05) is 17.4 Å². The normalized spacial score (nSPS) is 11.4. The van der Waals surface area contributed by atoms with Crippen LogP contribution >= 0.6 is 27.5 Å². The van der Waals surface area contributed by atoms with Crippen LogP contribution in [0.5, 0.6) is 0 Å². The van der Waals surface area contributed by atoms with Crippen molar-refractivity contribution >= 4 is 43.2 Å². The van der Waals surface area contributed by atoms with Gasteiger partial charge in [-0.25, -0.2) is 12.8 Å². The maximum Gasteiger partial charge on any atom is 0.265 e. The van der Waals surface area contributed by atoms with Crippen LogP contribution in [0.4, 0.5) is 10.1 Å². The summed E-state index contributed by atoms with van der Waals surface area (Å²) in [7, 11) is -2.41. The molecule has 0 heterocycles. The summed E-state index contributed by atoms with van der Waals surface area (Å²) in [6.45, 7) is 0. The van der Waals surface area contributed by atoms with Gasteiger partial charge in [0.05, 0.1) is 5.69 Å². The van der Waals surface area contributed by atoms with Crippen LogP contribution < -0.4 is 4.31 Å². The first-order chi connectivity index (χ1) is 9.86. The van der Waals surface area contributed by atoms with Gasteiger partial charge in [-0.3, -0.25) is 4.31 Å². The first kappa shape index (κ1) is 16.3. The second-order valence-electron chi connectivity index (χ2n) is 4.35. The Morgan fingerprint density at radius 1 is 1.24 bits per heavy atom. The summed E-state index contributed by atoms with van der Waals surface area (Å²) in [5.41, 5.74) is 1.05. The van der Waals surface area contributed by atoms with Gasteiger partial charge in [0.1, 0.15) is 10.7 Å². The summed E-state index contributed by atoms with van der Waals surface area (Å²) in [6, 6.07) is 10.2. The Kier molecular flexibility index (Phi) is 4.91. The highest BCUT2D eigenvalue weighted by atomic mass is 79.9. The summed E-state index contributed by atoms with van der Waals surface area (Å²) in [5.74, 6) is -0.204. The molecule has 0 spiro atoms. The van der Waals surface area contributed by atoms with Gasteiger partial charge in [0.15, 0.2) is 0 Å². The molecular weight excluding hydrogens is 381 g/mol. The van der Waals surface area contributed by atoms with Gasteiger partial charge in [0.25, 0.3) is 10.0 Å². The van der Waals surface area contributed by atoms with Gasteiger partial charge >= 0.3 is 0 Å². The van der Waals surface area contributed by atoms with Crippen LogP contribution in [0.2, 0.25) is 0 Å². The number of hydrogen-bond acceptors (Lipinski definition) is 2. The molecule has 0 unspecified atom stereocenters. The van der Waals surface area contributed by atoms with Crippen molar-refractivity contribution in [3.8, 4) is 0 Å². The molecule has 112 valence electrons. The van der Waals surface area contributed by atoms with Crippen LogP contribution in [0.3, 0.4) is 0 Å². The Balaban J connectivity index is 2.47. The lowest BCUT2D eigenvalue weighted by molar-refractivity contribution is 0.593. The van der Waals surface area contributed by atoms with E-state index in [1.807, 2.05) is 0 Å². The smallest absolute Gasteiger partial charge is 0.265 e. The van der Waals surface area contributed by atoms with E-state index in [-0.39, 0.29) is 10.6 Å². The molecule has 0 aliphatic rings. The molecule has 2 aromatic carbocycles. The van der Waals surface area contributed by atoms with E-state index in [2.05, 4.69) is 15.9 Å². The molecule has 0 saturated carbocycles. The number of alkyl halides is 1. The molecule has 0 aliphatic heterocycles. The summed E-state index contributed by atoms with van der Waals surface area (Å²) < 4.78 is 39.9. The molecule has 0 fully saturated rings. The molecule has 0 N–H and O–H groups in total. The molecule has 21 heavy (non-hydrogen) atoms. The minimum Gasteiger partial charge on any atom is -0.269 e. The monoisotopic (exact) mass is 391 g/mol. The van der Waals surface area contributed by atoms with Crippen LogP contribution in [0, 0.1) is 5.82 Å². The van der Waals surface area contributed by atoms with Gasteiger partial charge in [0.2, 0.25) is 0 Å². The quantitative estimate of drug-likeness (QED) is 0.733. The zero-order valence-electron chi connectivity index (χ0n) is 11.1. The fourth-order valence-electron chi connectivity index (χ4n) is 1.79. The highest BCUT2D eigenvalue weighted by molar-refractivity contribution is 9.10. The minimum absolute atomic E-state index is 0.100. The lowest BCUT2D eigenvalue weighted by atomic mass is 10.2. The van der Waals surface area contributed by atoms with Gasteiger partial charge in [-0.05, 0) is 51.8 Å². The Labute approximate surface area is 136 Å². The van der Waals surface area contributed by atoms with Crippen molar-refractivity contribution < 1.29 is 12.8 Å². The molecule has 0 bridgehead atoms. The second kappa shape index (κ2) is 6.34. The van der Waals surface area contributed by atoms with Crippen LogP contribution in [-0.2, 0) is 15.9 Å². The van der Waals surface area contributed by atoms with Crippen molar-refractivity contribution in [1.82, 2.24) is 0 Å². The third-order valence-electron chi connectivity index (χ3n) is 2.96. The average molecular weight is 393 g/mol. The van der Waals surface area contributed by atoms with Crippen LogP contribution in [-0.4, -0.2) is 15.5 Å². The maximum atomic E-state index is 13.3. The van der Waals surface area contributed by atoms with Crippen molar-refractivity contribution in [3.05, 3.63) is 58.3 Å². The molecule has 2 rings (SSSR count). The Hall–Kier alpha value is -1.11. The van der Waals surface area contributed by atoms with E-state index in [0.29, 0.717) is 10.4 Å². The van der Waals surface area contributed by atoms with Crippen molar-refractivity contribution in [1.29, 1.82) is 0 Å². The third kappa shape index (κ3) is 3.39. The van der Waals surface area contributed by atoms with Crippen molar-refractivity contribution in [2.24, 2.45) is 0 Å². The predicted molar refractivity (Wildman–Crippen MR) is 85.7 cm³/mol. The molecule has 0 aromatic heterocycles. The number of rotatable bonds is 4. The highest BCUT2D eigenvalue weighted by Gasteiger charge is 2.24. The lowest BCUT2D eigenvalue weighted by Gasteiger charge is -2.20. The number of benzene rings is 2. The van der Waals surface area contributed by atoms with E-state index in [4.69, 9.17) is 11.6 Å². The van der Waals surface area contributed by atoms with Crippen molar-refractivity contribution in [3.63, 3.8) is 0 Å². The summed E-state index contributed by atoms with van der Waals surface area (Å²) in [5, 5.41) is 0. The minimum atomic E-state index is -3.79. The first-order valence-corrected chi connectivity index (χ1v) is 8.72. The number of sulfonamides is 1. The fraction of sp³-hybridized carbons (Fsp3) is 0.143. The van der Waals surface area contributed by atoms with E-state index in [1.54, 1.807) is 12.1 Å². The third-order valence-corrected chi connectivity index (χ3v) is 6.03. The average Bonchev–Trinajstić information content (AvgIpc) is 2.45. The molecule has 7 heteroatoms. The molecule has 2 aromatic rings. The first-order valence-electron chi connectivity index (χ1n) is 5.95. The number of anilines is 1. The van der Waals surface area contributed by atoms with Crippen LogP contribution in [0.25, 0.3) is 0 Å². The predicted octanol–water partition coefficient (Wildman–Crippen LogP) is 4.15. The van der Waals surface area contributed by atoms with E-state index >= 15 is 0 Å². The Morgan fingerprint density at radius 3 is 2.52 bits per heavy atom. The van der Waals surface area contributed by atoms with Gasteiger partial charge in [-0.2, -0.15) is 0 Å². The molecule has 0 atom stereocenters. The molecular formula is C14H12BrClFNO2S. The Morgan fingerprint density at radius 2 is 1.95 bits per heavy atom. The fourth-order valence-corrected chi connectivity index (χ4v) is 4.23. The van der Waals surface area contributed by atoms with Crippen LogP contribution in [0.1, 0.15) is 5.56 Å². The molecule has 0 amide bonds. The molecule has 0 aliphatic carbocycles. The van der Waals surface area contributed by atoms with E-state index in [1.165, 1.54) is 37.4 Å². The van der Waals surface area contributed by atoms with Gasteiger partial charge in [-0.1, -0.05) is 12.1 Å². The second-order valence-corrected chi connectivity index (χ2v) is 7.41. The zero-order valence-corrected chi connectivity index (χ0v) is 14.2. The summed E-state index contributed by atoms with van der Waals surface area (Å²) >= 11 is 8.96. The topological polar surface area (TPSA) is 37.4 Å². The number of nitrogens with zero attached hydrogens (tertiary/aromatic N) is 1. The summed E-state index contributed by atoms with van der Waals surface area (Å²) in [4.78, 5) is 0.100. The van der Waals surface area contributed by atoms with E-state index in [9.17, 15) is 12.8 Å². The largest absolute Gasteiger partial charge is 0.269 e. The molecule has 3 nitrogen and oxygen atoms in total. The summed E-state index contributed by atoms with van der Waals surface area (Å²) in [6.07, 6.45) is 0. The van der Waals surface area contributed by atoms with Crippen LogP contribution in [0.15, 0.2) is 51.8 Å². The van der Waals surface area contributed by atoms with Crippen molar-refractivity contribution in [2.45, 2.75) is 10.8 Å². The highest BCUT2D eigenvalue weighted by Crippen LogP contribution is 2.29. The van der Waals surface area contributed by atoms with E-state index in [0.717, 1.165) is 9.87 Å². The van der Waals surface area contributed by atoms with Crippen molar-refractivity contribution in [2.75, 3.05) is 11.4 Å². The lowest BCUT2D eigenvalue weighted by Crippen LogP contribution is -2.27. The SMILES string of the molecule is CN(c1cccc(F)c1)S(=O)(=O)c1ccc(CCl)cc1Br. The Bertz CT molecular complexity index is 767. The zero-order chi connectivity index (χ0) is 15.6. The molecule has 0 radical (unpaired) electrons. The maximum absolute atomic E-state index is 13.3. The molecule has 0 saturated heterocycles. The van der Waals surface area contributed by atoms with Gasteiger partial charge in [-0.15, -0.1) is 11.6 Å². The van der Waals surface area contributed by atoms with E-state index < -0.39 is 15.8 Å². The number of halogens is 3. The standard InChI is InChI=1S/C14H12BrClFNO2S/c1-18(12-4-2-3-11(17)8-12)21(19,20)14-6-5-10(9-16)7-13(14)15/h2-8H,9H2,1H3. The number of hydrogen-bond donors (Lipinski definition) is 0. The van der Waals surface area contributed by atoms with Gasteiger partial charge < -0.3 is 0 Å².